The second kappa shape index (κ2) is 6.66. The van der Waals surface area contributed by atoms with E-state index in [2.05, 4.69) is 5.32 Å². The lowest BCUT2D eigenvalue weighted by Crippen LogP contribution is -2.43. The Balaban J connectivity index is 2.91. The van der Waals surface area contributed by atoms with Crippen LogP contribution in [0.15, 0.2) is 24.3 Å². The Morgan fingerprint density at radius 1 is 1.42 bits per heavy atom. The Morgan fingerprint density at radius 3 is 2.63 bits per heavy atom. The van der Waals surface area contributed by atoms with Crippen molar-refractivity contribution in [3.8, 4) is 0 Å². The summed E-state index contributed by atoms with van der Waals surface area (Å²) in [5, 5.41) is 2.94. The monoisotopic (exact) mass is 266 g/mol. The van der Waals surface area contributed by atoms with Crippen LogP contribution in [0.4, 0.5) is 4.39 Å². The average molecular weight is 266 g/mol. The van der Waals surface area contributed by atoms with E-state index in [1.165, 1.54) is 12.1 Å². The minimum Gasteiger partial charge on any atom is -0.351 e. The molecule has 3 N–H and O–H groups in total. The van der Waals surface area contributed by atoms with Gasteiger partial charge in [-0.2, -0.15) is 0 Å². The zero-order valence-electron chi connectivity index (χ0n) is 11.9. The van der Waals surface area contributed by atoms with Crippen molar-refractivity contribution in [1.82, 2.24) is 5.32 Å². The zero-order chi connectivity index (χ0) is 14.5. The molecule has 0 fully saturated rings. The second-order valence-electron chi connectivity index (χ2n) is 5.78. The van der Waals surface area contributed by atoms with Crippen molar-refractivity contribution in [3.63, 3.8) is 0 Å². The van der Waals surface area contributed by atoms with E-state index in [1.54, 1.807) is 12.1 Å². The van der Waals surface area contributed by atoms with Crippen LogP contribution in [0.25, 0.3) is 0 Å². The molecule has 19 heavy (non-hydrogen) atoms. The molecule has 1 aromatic rings. The minimum atomic E-state index is -0.349. The van der Waals surface area contributed by atoms with Crippen molar-refractivity contribution >= 4 is 5.91 Å². The number of hydrogen-bond acceptors (Lipinski definition) is 2. The Hall–Kier alpha value is -1.42. The molecule has 4 heteroatoms. The van der Waals surface area contributed by atoms with Crippen molar-refractivity contribution in [1.29, 1.82) is 0 Å². The number of carbonyl (C=O) groups excluding carboxylic acids is 1. The first-order valence-corrected chi connectivity index (χ1v) is 6.61. The van der Waals surface area contributed by atoms with Crippen LogP contribution in [0.2, 0.25) is 0 Å². The summed E-state index contributed by atoms with van der Waals surface area (Å²) in [5.41, 5.74) is 5.91. The van der Waals surface area contributed by atoms with Gasteiger partial charge >= 0.3 is 0 Å². The van der Waals surface area contributed by atoms with E-state index in [4.69, 9.17) is 5.73 Å². The Kier molecular flexibility index (Phi) is 5.48. The van der Waals surface area contributed by atoms with Gasteiger partial charge < -0.3 is 11.1 Å². The molecule has 1 unspecified atom stereocenters. The number of carbonyl (C=O) groups is 1. The van der Waals surface area contributed by atoms with Crippen LogP contribution in [0.1, 0.15) is 45.1 Å². The molecule has 0 aliphatic carbocycles. The first kappa shape index (κ1) is 15.6. The molecule has 0 radical (unpaired) electrons. The molecular formula is C15H23FN2O. The highest BCUT2D eigenvalue weighted by Gasteiger charge is 2.24. The van der Waals surface area contributed by atoms with E-state index in [0.717, 1.165) is 6.42 Å². The summed E-state index contributed by atoms with van der Waals surface area (Å²) in [7, 11) is 0. The molecule has 0 saturated carbocycles. The highest BCUT2D eigenvalue weighted by Crippen LogP contribution is 2.23. The summed E-state index contributed by atoms with van der Waals surface area (Å²) in [6, 6.07) is 6.21. The summed E-state index contributed by atoms with van der Waals surface area (Å²) in [4.78, 5) is 12.3. The van der Waals surface area contributed by atoms with Crippen LogP contribution >= 0.6 is 0 Å². The predicted octanol–water partition coefficient (Wildman–Crippen LogP) is 2.56. The maximum atomic E-state index is 13.3. The lowest BCUT2D eigenvalue weighted by atomic mass is 9.92. The van der Waals surface area contributed by atoms with Gasteiger partial charge in [-0.25, -0.2) is 4.39 Å². The smallest absolute Gasteiger partial charge is 0.227 e. The van der Waals surface area contributed by atoms with E-state index in [9.17, 15) is 9.18 Å². The van der Waals surface area contributed by atoms with E-state index in [1.807, 2.05) is 20.8 Å². The van der Waals surface area contributed by atoms with Gasteiger partial charge in [0.25, 0.3) is 0 Å². The third-order valence-corrected chi connectivity index (χ3v) is 2.76. The lowest BCUT2D eigenvalue weighted by molar-refractivity contribution is -0.124. The number of rotatable bonds is 5. The van der Waals surface area contributed by atoms with Crippen LogP contribution in [0, 0.1) is 5.82 Å². The largest absolute Gasteiger partial charge is 0.351 e. The van der Waals surface area contributed by atoms with Crippen molar-refractivity contribution in [3.05, 3.63) is 35.6 Å². The van der Waals surface area contributed by atoms with Crippen molar-refractivity contribution in [2.45, 2.75) is 45.1 Å². The summed E-state index contributed by atoms with van der Waals surface area (Å²) < 4.78 is 13.3. The Bertz CT molecular complexity index is 426. The topological polar surface area (TPSA) is 55.1 Å². The third-order valence-electron chi connectivity index (χ3n) is 2.76. The van der Waals surface area contributed by atoms with Gasteiger partial charge in [0, 0.05) is 5.54 Å². The van der Waals surface area contributed by atoms with E-state index < -0.39 is 0 Å². The second-order valence-corrected chi connectivity index (χ2v) is 5.78. The fraction of sp³-hybridized carbons (Fsp3) is 0.533. The third kappa shape index (κ3) is 5.39. The fourth-order valence-electron chi connectivity index (χ4n) is 1.95. The molecule has 1 amide bonds. The quantitative estimate of drug-likeness (QED) is 0.860. The summed E-state index contributed by atoms with van der Waals surface area (Å²) in [6.07, 6.45) is 1.36. The molecule has 3 nitrogen and oxygen atoms in total. The van der Waals surface area contributed by atoms with Crippen LogP contribution < -0.4 is 11.1 Å². The molecule has 0 aliphatic heterocycles. The highest BCUT2D eigenvalue weighted by molar-refractivity contribution is 5.84. The Morgan fingerprint density at radius 2 is 2.11 bits per heavy atom. The van der Waals surface area contributed by atoms with Crippen molar-refractivity contribution < 1.29 is 9.18 Å². The maximum Gasteiger partial charge on any atom is 0.227 e. The van der Waals surface area contributed by atoms with Crippen LogP contribution in [0.5, 0.6) is 0 Å². The highest BCUT2D eigenvalue weighted by atomic mass is 19.1. The average Bonchev–Trinajstić information content (AvgIpc) is 2.27. The number of benzene rings is 1. The van der Waals surface area contributed by atoms with E-state index >= 15 is 0 Å². The molecule has 106 valence electrons. The van der Waals surface area contributed by atoms with Gasteiger partial charge in [-0.15, -0.1) is 0 Å². The van der Waals surface area contributed by atoms with Crippen LogP contribution in [-0.4, -0.2) is 18.0 Å². The van der Waals surface area contributed by atoms with Gasteiger partial charge in [0.15, 0.2) is 0 Å². The van der Waals surface area contributed by atoms with Gasteiger partial charge in [-0.05, 0) is 57.9 Å². The number of amides is 1. The summed E-state index contributed by atoms with van der Waals surface area (Å²) >= 11 is 0. The normalized spacial score (nSPS) is 13.1. The zero-order valence-corrected chi connectivity index (χ0v) is 11.9. The number of nitrogens with one attached hydrogen (secondary N) is 1. The van der Waals surface area contributed by atoms with Gasteiger partial charge in [0.2, 0.25) is 5.91 Å². The molecule has 1 atom stereocenters. The standard InChI is InChI=1S/C15H23FN2O/c1-15(2,3)18-14(19)13(8-5-9-17)11-6-4-7-12(16)10-11/h4,6-7,10,13H,5,8-9,17H2,1-3H3,(H,18,19). The molecule has 0 saturated heterocycles. The predicted molar refractivity (Wildman–Crippen MR) is 75.3 cm³/mol. The molecule has 0 bridgehead atoms. The minimum absolute atomic E-state index is 0.0773. The first-order valence-electron chi connectivity index (χ1n) is 6.61. The summed E-state index contributed by atoms with van der Waals surface area (Å²) in [5.74, 6) is -0.746. The first-order chi connectivity index (χ1) is 8.83. The molecular weight excluding hydrogens is 243 g/mol. The van der Waals surface area contributed by atoms with Gasteiger partial charge in [0.05, 0.1) is 5.92 Å². The molecule has 1 aromatic carbocycles. The van der Waals surface area contributed by atoms with E-state index in [0.29, 0.717) is 18.5 Å². The number of halogens is 1. The number of nitrogens with two attached hydrogens (primary N) is 1. The van der Waals surface area contributed by atoms with Crippen LogP contribution in [0.3, 0.4) is 0 Å². The van der Waals surface area contributed by atoms with Crippen molar-refractivity contribution in [2.75, 3.05) is 6.54 Å². The molecule has 0 aliphatic rings. The lowest BCUT2D eigenvalue weighted by Gasteiger charge is -2.25. The maximum absolute atomic E-state index is 13.3. The fourth-order valence-corrected chi connectivity index (χ4v) is 1.95. The Labute approximate surface area is 114 Å². The SMILES string of the molecule is CC(C)(C)NC(=O)C(CCCN)c1cccc(F)c1. The van der Waals surface area contributed by atoms with Gasteiger partial charge in [-0.3, -0.25) is 4.79 Å². The van der Waals surface area contributed by atoms with Crippen LogP contribution in [-0.2, 0) is 4.79 Å². The molecule has 0 aromatic heterocycles. The van der Waals surface area contributed by atoms with Crippen molar-refractivity contribution in [2.24, 2.45) is 5.73 Å². The summed E-state index contributed by atoms with van der Waals surface area (Å²) in [6.45, 7) is 6.30. The number of hydrogen-bond donors (Lipinski definition) is 2. The molecule has 0 heterocycles. The van der Waals surface area contributed by atoms with E-state index in [-0.39, 0.29) is 23.2 Å². The molecule has 0 spiro atoms. The van der Waals surface area contributed by atoms with Gasteiger partial charge in [0.1, 0.15) is 5.82 Å². The van der Waals surface area contributed by atoms with Gasteiger partial charge in [-0.1, -0.05) is 12.1 Å². The molecule has 1 rings (SSSR count).